The van der Waals surface area contributed by atoms with Crippen molar-refractivity contribution in [2.45, 2.75) is 13.2 Å². The first-order valence-electron chi connectivity index (χ1n) is 4.27. The Bertz CT molecular complexity index is 317. The lowest BCUT2D eigenvalue weighted by atomic mass is 10.2. The molecule has 1 rings (SSSR count). The van der Waals surface area contributed by atoms with E-state index in [1.807, 2.05) is 30.3 Å². The number of aliphatic hydroxyl groups is 1. The van der Waals surface area contributed by atoms with Gasteiger partial charge in [-0.05, 0) is 11.6 Å². The van der Waals surface area contributed by atoms with Crippen LogP contribution in [0, 0.1) is 0 Å². The Morgan fingerprint density at radius 1 is 1.43 bits per heavy atom. The predicted octanol–water partition coefficient (Wildman–Crippen LogP) is 1.58. The second kappa shape index (κ2) is 5.19. The van der Waals surface area contributed by atoms with E-state index in [-0.39, 0.29) is 0 Å². The molecule has 1 atom stereocenters. The molecule has 1 N–H and O–H groups in total. The van der Waals surface area contributed by atoms with Crippen LogP contribution in [0.1, 0.15) is 12.5 Å². The van der Waals surface area contributed by atoms with E-state index < -0.39 is 12.3 Å². The summed E-state index contributed by atoms with van der Waals surface area (Å²) in [4.78, 5) is 10.4. The van der Waals surface area contributed by atoms with Crippen molar-refractivity contribution in [3.63, 3.8) is 0 Å². The number of carbonyl (C=O) groups excluding carboxylic acids is 1. The van der Waals surface area contributed by atoms with Crippen LogP contribution in [0.15, 0.2) is 36.4 Å². The smallest absolute Gasteiger partial charge is 0.305 e. The highest BCUT2D eigenvalue weighted by atomic mass is 16.6. The van der Waals surface area contributed by atoms with Gasteiger partial charge < -0.3 is 9.84 Å². The highest BCUT2D eigenvalue weighted by Crippen LogP contribution is 2.02. The average Bonchev–Trinajstić information content (AvgIpc) is 2.15. The Kier molecular flexibility index (Phi) is 3.88. The van der Waals surface area contributed by atoms with Gasteiger partial charge in [0.05, 0.1) is 0 Å². The second-order valence-electron chi connectivity index (χ2n) is 2.77. The topological polar surface area (TPSA) is 46.5 Å². The molecule has 1 unspecified atom stereocenters. The van der Waals surface area contributed by atoms with Crippen molar-refractivity contribution in [2.75, 3.05) is 0 Å². The molecule has 0 heterocycles. The van der Waals surface area contributed by atoms with Crippen molar-refractivity contribution in [3.8, 4) is 0 Å². The first-order valence-corrected chi connectivity index (χ1v) is 4.27. The molecule has 0 bridgehead atoms. The number of carbonyl (C=O) groups is 1. The number of ether oxygens (including phenoxy) is 1. The Morgan fingerprint density at radius 2 is 2.07 bits per heavy atom. The highest BCUT2D eigenvalue weighted by Gasteiger charge is 2.00. The number of hydrogen-bond acceptors (Lipinski definition) is 3. The Hall–Kier alpha value is -1.61. The number of aliphatic hydroxyl groups excluding tert-OH is 1. The molecule has 0 radical (unpaired) electrons. The molecule has 0 aliphatic rings. The Morgan fingerprint density at radius 3 is 2.64 bits per heavy atom. The zero-order valence-corrected chi connectivity index (χ0v) is 7.88. The second-order valence-corrected chi connectivity index (χ2v) is 2.77. The summed E-state index contributed by atoms with van der Waals surface area (Å²) in [5.74, 6) is -0.504. The van der Waals surface area contributed by atoms with E-state index in [4.69, 9.17) is 5.11 Å². The standard InChI is InChI=1S/C11H12O3/c1-9(12)14-11(13)8-7-10-5-3-2-4-6-10/h2-8,11,13H,1H3/b8-7+. The molecule has 1 aromatic carbocycles. The van der Waals surface area contributed by atoms with Gasteiger partial charge in [0.25, 0.3) is 0 Å². The van der Waals surface area contributed by atoms with Gasteiger partial charge in [0.1, 0.15) is 0 Å². The molecule has 0 saturated heterocycles. The molecule has 0 aliphatic heterocycles. The van der Waals surface area contributed by atoms with Crippen LogP contribution in [0.3, 0.4) is 0 Å². The van der Waals surface area contributed by atoms with Crippen molar-refractivity contribution in [1.82, 2.24) is 0 Å². The number of hydrogen-bond donors (Lipinski definition) is 1. The molecule has 0 amide bonds. The average molecular weight is 192 g/mol. The minimum Gasteiger partial charge on any atom is -0.432 e. The minimum absolute atomic E-state index is 0.504. The maximum atomic E-state index is 10.4. The monoisotopic (exact) mass is 192 g/mol. The molecule has 0 fully saturated rings. The zero-order chi connectivity index (χ0) is 10.4. The molecule has 3 nitrogen and oxygen atoms in total. The van der Waals surface area contributed by atoms with Crippen LogP contribution in [-0.4, -0.2) is 17.4 Å². The molecule has 0 aliphatic carbocycles. The summed E-state index contributed by atoms with van der Waals surface area (Å²) >= 11 is 0. The van der Waals surface area contributed by atoms with Gasteiger partial charge in [0.15, 0.2) is 0 Å². The van der Waals surface area contributed by atoms with Crippen LogP contribution in [0.5, 0.6) is 0 Å². The first kappa shape index (κ1) is 10.5. The molecule has 74 valence electrons. The lowest BCUT2D eigenvalue weighted by Crippen LogP contribution is -2.11. The minimum atomic E-state index is -1.17. The summed E-state index contributed by atoms with van der Waals surface area (Å²) in [5, 5.41) is 9.15. The van der Waals surface area contributed by atoms with Gasteiger partial charge in [-0.3, -0.25) is 4.79 Å². The normalized spacial score (nSPS) is 12.7. The van der Waals surface area contributed by atoms with E-state index in [9.17, 15) is 4.79 Å². The largest absolute Gasteiger partial charge is 0.432 e. The number of esters is 1. The van der Waals surface area contributed by atoms with Crippen LogP contribution >= 0.6 is 0 Å². The molecule has 0 saturated carbocycles. The van der Waals surface area contributed by atoms with Crippen LogP contribution in [0.4, 0.5) is 0 Å². The molecule has 3 heteroatoms. The van der Waals surface area contributed by atoms with Gasteiger partial charge in [0, 0.05) is 6.92 Å². The zero-order valence-electron chi connectivity index (χ0n) is 7.88. The SMILES string of the molecule is CC(=O)OC(O)/C=C/c1ccccc1. The number of rotatable bonds is 3. The predicted molar refractivity (Wildman–Crippen MR) is 53.2 cm³/mol. The maximum absolute atomic E-state index is 10.4. The van der Waals surface area contributed by atoms with Gasteiger partial charge in [-0.1, -0.05) is 36.4 Å². The summed E-state index contributed by atoms with van der Waals surface area (Å²) in [6.45, 7) is 1.25. The van der Waals surface area contributed by atoms with Gasteiger partial charge >= 0.3 is 5.97 Å². The van der Waals surface area contributed by atoms with Crippen molar-refractivity contribution in [2.24, 2.45) is 0 Å². The summed E-state index contributed by atoms with van der Waals surface area (Å²) in [6, 6.07) is 9.45. The van der Waals surface area contributed by atoms with Crippen molar-refractivity contribution in [1.29, 1.82) is 0 Å². The molecule has 14 heavy (non-hydrogen) atoms. The van der Waals surface area contributed by atoms with Crippen LogP contribution < -0.4 is 0 Å². The van der Waals surface area contributed by atoms with Gasteiger partial charge in [0.2, 0.25) is 6.29 Å². The van der Waals surface area contributed by atoms with E-state index in [0.29, 0.717) is 0 Å². The highest BCUT2D eigenvalue weighted by molar-refractivity contribution is 5.66. The van der Waals surface area contributed by atoms with Crippen LogP contribution in [0.25, 0.3) is 6.08 Å². The quantitative estimate of drug-likeness (QED) is 0.584. The van der Waals surface area contributed by atoms with Crippen LogP contribution in [-0.2, 0) is 9.53 Å². The van der Waals surface area contributed by atoms with E-state index in [0.717, 1.165) is 5.56 Å². The van der Waals surface area contributed by atoms with Gasteiger partial charge in [-0.2, -0.15) is 0 Å². The lowest BCUT2D eigenvalue weighted by molar-refractivity contribution is -0.157. The fourth-order valence-corrected chi connectivity index (χ4v) is 0.967. The molecular formula is C11H12O3. The van der Waals surface area contributed by atoms with Crippen molar-refractivity contribution < 1.29 is 14.6 Å². The third kappa shape index (κ3) is 3.87. The van der Waals surface area contributed by atoms with Crippen molar-refractivity contribution in [3.05, 3.63) is 42.0 Å². The van der Waals surface area contributed by atoms with Gasteiger partial charge in [-0.15, -0.1) is 0 Å². The summed E-state index contributed by atoms with van der Waals surface area (Å²) < 4.78 is 4.50. The van der Waals surface area contributed by atoms with E-state index in [1.54, 1.807) is 6.08 Å². The fourth-order valence-electron chi connectivity index (χ4n) is 0.967. The third-order valence-electron chi connectivity index (χ3n) is 1.54. The molecular weight excluding hydrogens is 180 g/mol. The van der Waals surface area contributed by atoms with Crippen LogP contribution in [0.2, 0.25) is 0 Å². The molecule has 0 aromatic heterocycles. The first-order chi connectivity index (χ1) is 6.68. The summed E-state index contributed by atoms with van der Waals surface area (Å²) in [6.07, 6.45) is 1.93. The van der Waals surface area contributed by atoms with Gasteiger partial charge in [-0.25, -0.2) is 0 Å². The Balaban J connectivity index is 2.52. The van der Waals surface area contributed by atoms with Crippen molar-refractivity contribution >= 4 is 12.0 Å². The summed E-state index contributed by atoms with van der Waals surface area (Å²) in [7, 11) is 0. The summed E-state index contributed by atoms with van der Waals surface area (Å²) in [5.41, 5.74) is 0.943. The molecule has 1 aromatic rings. The third-order valence-corrected chi connectivity index (χ3v) is 1.54. The Labute approximate surface area is 82.6 Å². The lowest BCUT2D eigenvalue weighted by Gasteiger charge is -2.04. The van der Waals surface area contributed by atoms with E-state index in [1.165, 1.54) is 13.0 Å². The van der Waals surface area contributed by atoms with E-state index >= 15 is 0 Å². The maximum Gasteiger partial charge on any atom is 0.305 e. The fraction of sp³-hybridized carbons (Fsp3) is 0.182. The van der Waals surface area contributed by atoms with E-state index in [2.05, 4.69) is 4.74 Å². The number of benzene rings is 1. The molecule has 0 spiro atoms.